The van der Waals surface area contributed by atoms with Gasteiger partial charge in [-0.15, -0.1) is 0 Å². The van der Waals surface area contributed by atoms with Crippen LogP contribution in [-0.2, 0) is 11.3 Å². The van der Waals surface area contributed by atoms with E-state index >= 15 is 0 Å². The van der Waals surface area contributed by atoms with Crippen LogP contribution in [0.4, 0.5) is 4.39 Å². The summed E-state index contributed by atoms with van der Waals surface area (Å²) in [6.45, 7) is 0.382. The molecule has 114 valence electrons. The lowest BCUT2D eigenvalue weighted by Crippen LogP contribution is -2.19. The van der Waals surface area contributed by atoms with Crippen LogP contribution in [0, 0.1) is 5.82 Å². The van der Waals surface area contributed by atoms with Crippen LogP contribution in [0.3, 0.4) is 0 Å². The van der Waals surface area contributed by atoms with Crippen LogP contribution in [0.1, 0.15) is 24.0 Å². The van der Waals surface area contributed by atoms with Gasteiger partial charge in [0, 0.05) is 25.2 Å². The van der Waals surface area contributed by atoms with Crippen molar-refractivity contribution in [3.8, 4) is 0 Å². The molecule has 1 N–H and O–H groups in total. The van der Waals surface area contributed by atoms with Crippen LogP contribution in [-0.4, -0.2) is 15.6 Å². The summed E-state index contributed by atoms with van der Waals surface area (Å²) >= 11 is 0. The summed E-state index contributed by atoms with van der Waals surface area (Å²) in [5.41, 5.74) is 1.41. The van der Waals surface area contributed by atoms with Gasteiger partial charge in [-0.1, -0.05) is 24.3 Å². The summed E-state index contributed by atoms with van der Waals surface area (Å²) in [5.74, 6) is -1.16. The van der Waals surface area contributed by atoms with Gasteiger partial charge in [-0.3, -0.25) is 9.59 Å². The van der Waals surface area contributed by atoms with Crippen LogP contribution in [0.15, 0.2) is 47.4 Å². The second-order valence-corrected chi connectivity index (χ2v) is 4.87. The largest absolute Gasteiger partial charge is 0.481 e. The first kappa shape index (κ1) is 15.7. The highest BCUT2D eigenvalue weighted by atomic mass is 19.1. The summed E-state index contributed by atoms with van der Waals surface area (Å²) in [6.07, 6.45) is 5.67. The fourth-order valence-electron chi connectivity index (χ4n) is 1.98. The fourth-order valence-corrected chi connectivity index (χ4v) is 1.98. The number of rotatable bonds is 6. The van der Waals surface area contributed by atoms with E-state index in [1.165, 1.54) is 22.8 Å². The molecule has 0 saturated carbocycles. The molecule has 0 radical (unpaired) electrons. The van der Waals surface area contributed by atoms with E-state index in [-0.39, 0.29) is 17.8 Å². The Morgan fingerprint density at radius 3 is 2.45 bits per heavy atom. The van der Waals surface area contributed by atoms with Gasteiger partial charge in [0.1, 0.15) is 5.82 Å². The van der Waals surface area contributed by atoms with E-state index in [0.29, 0.717) is 13.0 Å². The molecule has 0 aliphatic heterocycles. The maximum atomic E-state index is 12.8. The monoisotopic (exact) mass is 301 g/mol. The average Bonchev–Trinajstić information content (AvgIpc) is 2.48. The summed E-state index contributed by atoms with van der Waals surface area (Å²) in [4.78, 5) is 22.4. The van der Waals surface area contributed by atoms with E-state index in [0.717, 1.165) is 11.1 Å². The number of halogens is 1. The highest BCUT2D eigenvalue weighted by Gasteiger charge is 2.00. The number of aryl methyl sites for hydroxylation is 1. The molecule has 0 aliphatic carbocycles. The van der Waals surface area contributed by atoms with Crippen LogP contribution < -0.4 is 5.56 Å². The van der Waals surface area contributed by atoms with Gasteiger partial charge in [-0.2, -0.15) is 0 Å². The molecule has 0 unspecified atom stereocenters. The van der Waals surface area contributed by atoms with Gasteiger partial charge in [0.15, 0.2) is 0 Å². The highest BCUT2D eigenvalue weighted by molar-refractivity contribution is 5.69. The molecule has 0 saturated heterocycles. The van der Waals surface area contributed by atoms with E-state index in [9.17, 15) is 14.0 Å². The first-order chi connectivity index (χ1) is 10.5. The van der Waals surface area contributed by atoms with Crippen molar-refractivity contribution in [3.05, 3.63) is 69.9 Å². The maximum absolute atomic E-state index is 12.8. The quantitative estimate of drug-likeness (QED) is 0.892. The standard InChI is InChI=1S/C17H16FNO3/c18-15-7-5-13(6-8-15)3-4-14-9-11-19(16(20)12-14)10-1-2-17(21)22/h3-9,11-12H,1-2,10H2,(H,21,22)/b4-3+. The Bertz CT molecular complexity index is 732. The van der Waals surface area contributed by atoms with Crippen molar-refractivity contribution in [1.29, 1.82) is 0 Å². The van der Waals surface area contributed by atoms with Gasteiger partial charge in [0.25, 0.3) is 5.56 Å². The van der Waals surface area contributed by atoms with Gasteiger partial charge in [-0.05, 0) is 35.7 Å². The molecule has 0 atom stereocenters. The second-order valence-electron chi connectivity index (χ2n) is 4.87. The lowest BCUT2D eigenvalue weighted by atomic mass is 10.1. The molecular weight excluding hydrogens is 285 g/mol. The molecule has 22 heavy (non-hydrogen) atoms. The van der Waals surface area contributed by atoms with Crippen molar-refractivity contribution in [2.24, 2.45) is 0 Å². The Hall–Kier alpha value is -2.69. The maximum Gasteiger partial charge on any atom is 0.303 e. The number of hydrogen-bond acceptors (Lipinski definition) is 2. The number of carbonyl (C=O) groups is 1. The molecule has 2 aromatic rings. The third-order valence-corrected chi connectivity index (χ3v) is 3.15. The Labute approximate surface area is 127 Å². The molecule has 1 aromatic heterocycles. The van der Waals surface area contributed by atoms with E-state index < -0.39 is 5.97 Å². The Morgan fingerprint density at radius 1 is 1.14 bits per heavy atom. The van der Waals surface area contributed by atoms with Crippen molar-refractivity contribution in [3.63, 3.8) is 0 Å². The Kier molecular flexibility index (Phi) is 5.25. The summed E-state index contributed by atoms with van der Waals surface area (Å²) in [6, 6.07) is 9.32. The Balaban J connectivity index is 2.04. The smallest absolute Gasteiger partial charge is 0.303 e. The average molecular weight is 301 g/mol. The third-order valence-electron chi connectivity index (χ3n) is 3.15. The topological polar surface area (TPSA) is 59.3 Å². The van der Waals surface area contributed by atoms with Crippen molar-refractivity contribution in [1.82, 2.24) is 4.57 Å². The number of pyridine rings is 1. The van der Waals surface area contributed by atoms with Gasteiger partial charge in [0.2, 0.25) is 0 Å². The minimum Gasteiger partial charge on any atom is -0.481 e. The molecule has 2 rings (SSSR count). The molecule has 5 heteroatoms. The van der Waals surface area contributed by atoms with Gasteiger partial charge >= 0.3 is 5.97 Å². The molecule has 1 heterocycles. The molecule has 4 nitrogen and oxygen atoms in total. The zero-order valence-corrected chi connectivity index (χ0v) is 11.9. The molecular formula is C17H16FNO3. The number of aromatic nitrogens is 1. The molecule has 1 aromatic carbocycles. The predicted molar refractivity (Wildman–Crippen MR) is 82.9 cm³/mol. The zero-order valence-electron chi connectivity index (χ0n) is 11.9. The van der Waals surface area contributed by atoms with Crippen molar-refractivity contribution >= 4 is 18.1 Å². The number of benzene rings is 1. The minimum atomic E-state index is -0.869. The molecule has 0 amide bonds. The van der Waals surface area contributed by atoms with E-state index in [1.54, 1.807) is 36.5 Å². The van der Waals surface area contributed by atoms with Crippen molar-refractivity contribution in [2.45, 2.75) is 19.4 Å². The lowest BCUT2D eigenvalue weighted by molar-refractivity contribution is -0.137. The van der Waals surface area contributed by atoms with E-state index in [4.69, 9.17) is 5.11 Å². The van der Waals surface area contributed by atoms with Crippen LogP contribution in [0.25, 0.3) is 12.2 Å². The number of aliphatic carboxylic acids is 1. The SMILES string of the molecule is O=C(O)CCCn1ccc(/C=C/c2ccc(F)cc2)cc1=O. The number of carboxylic acid groups (broad SMARTS) is 1. The van der Waals surface area contributed by atoms with Crippen molar-refractivity contribution in [2.75, 3.05) is 0 Å². The molecule has 0 bridgehead atoms. The first-order valence-corrected chi connectivity index (χ1v) is 6.90. The highest BCUT2D eigenvalue weighted by Crippen LogP contribution is 2.08. The van der Waals surface area contributed by atoms with Crippen LogP contribution >= 0.6 is 0 Å². The van der Waals surface area contributed by atoms with E-state index in [2.05, 4.69) is 0 Å². The first-order valence-electron chi connectivity index (χ1n) is 6.90. The predicted octanol–water partition coefficient (Wildman–Crippen LogP) is 3.02. The zero-order chi connectivity index (χ0) is 15.9. The lowest BCUT2D eigenvalue weighted by Gasteiger charge is -2.04. The molecule has 0 spiro atoms. The Morgan fingerprint density at radius 2 is 1.82 bits per heavy atom. The minimum absolute atomic E-state index is 0.0403. The van der Waals surface area contributed by atoms with Gasteiger partial charge in [0.05, 0.1) is 0 Å². The summed E-state index contributed by atoms with van der Waals surface area (Å²) in [7, 11) is 0. The van der Waals surface area contributed by atoms with Crippen LogP contribution in [0.5, 0.6) is 0 Å². The third kappa shape index (κ3) is 4.70. The number of carboxylic acids is 1. The molecule has 0 aliphatic rings. The number of nitrogens with zero attached hydrogens (tertiary/aromatic N) is 1. The van der Waals surface area contributed by atoms with Gasteiger partial charge < -0.3 is 9.67 Å². The summed E-state index contributed by atoms with van der Waals surface area (Å²) in [5, 5.41) is 8.58. The van der Waals surface area contributed by atoms with Crippen molar-refractivity contribution < 1.29 is 14.3 Å². The summed E-state index contributed by atoms with van der Waals surface area (Å²) < 4.78 is 14.3. The second kappa shape index (κ2) is 7.36. The van der Waals surface area contributed by atoms with E-state index in [1.807, 2.05) is 0 Å². The number of hydrogen-bond donors (Lipinski definition) is 1. The fraction of sp³-hybridized carbons (Fsp3) is 0.176. The normalized spacial score (nSPS) is 11.0. The van der Waals surface area contributed by atoms with Crippen LogP contribution in [0.2, 0.25) is 0 Å². The van der Waals surface area contributed by atoms with Gasteiger partial charge in [-0.25, -0.2) is 4.39 Å². The molecule has 0 fully saturated rings.